The van der Waals surface area contributed by atoms with E-state index in [1.807, 2.05) is 25.0 Å². The second-order valence-electron chi connectivity index (χ2n) is 4.01. The van der Waals surface area contributed by atoms with E-state index in [2.05, 4.69) is 29.4 Å². The largest absolute Gasteiger partial charge is 0.377 e. The van der Waals surface area contributed by atoms with Gasteiger partial charge in [-0.1, -0.05) is 0 Å². The molecule has 1 aliphatic heterocycles. The van der Waals surface area contributed by atoms with Crippen molar-refractivity contribution in [2.45, 2.75) is 30.5 Å². The fraction of sp³-hybridized carbons (Fsp3) is 0.583. The van der Waals surface area contributed by atoms with Gasteiger partial charge in [-0.15, -0.1) is 0 Å². The highest BCUT2D eigenvalue weighted by molar-refractivity contribution is 7.99. The van der Waals surface area contributed by atoms with Gasteiger partial charge in [-0.05, 0) is 31.0 Å². The Bertz CT molecular complexity index is 346. The number of nitrogens with one attached hydrogen (secondary N) is 1. The third-order valence-electron chi connectivity index (χ3n) is 2.85. The average Bonchev–Trinajstić information content (AvgIpc) is 2.72. The van der Waals surface area contributed by atoms with Gasteiger partial charge in [0.1, 0.15) is 5.82 Å². The normalized spacial score (nSPS) is 24.6. The number of hydrogen-bond acceptors (Lipinski definition) is 4. The summed E-state index contributed by atoms with van der Waals surface area (Å²) in [6.45, 7) is 3.08. The zero-order chi connectivity index (χ0) is 11.4. The van der Waals surface area contributed by atoms with E-state index >= 15 is 0 Å². The van der Waals surface area contributed by atoms with Gasteiger partial charge in [0.05, 0.1) is 6.10 Å². The molecule has 16 heavy (non-hydrogen) atoms. The highest BCUT2D eigenvalue weighted by Crippen LogP contribution is 2.29. The molecule has 0 radical (unpaired) electrons. The van der Waals surface area contributed by atoms with Crippen LogP contribution in [0.5, 0.6) is 0 Å². The monoisotopic (exact) mass is 238 g/mol. The minimum Gasteiger partial charge on any atom is -0.377 e. The van der Waals surface area contributed by atoms with Gasteiger partial charge in [0.2, 0.25) is 0 Å². The molecule has 1 aliphatic rings. The van der Waals surface area contributed by atoms with Gasteiger partial charge in [-0.25, -0.2) is 4.98 Å². The lowest BCUT2D eigenvalue weighted by Gasteiger charge is -2.13. The van der Waals surface area contributed by atoms with Crippen LogP contribution in [-0.2, 0) is 10.5 Å². The summed E-state index contributed by atoms with van der Waals surface area (Å²) >= 11 is 1.98. The summed E-state index contributed by atoms with van der Waals surface area (Å²) in [4.78, 5) is 4.21. The van der Waals surface area contributed by atoms with Gasteiger partial charge >= 0.3 is 0 Å². The van der Waals surface area contributed by atoms with Gasteiger partial charge in [0.15, 0.2) is 0 Å². The van der Waals surface area contributed by atoms with Gasteiger partial charge in [0, 0.05) is 30.9 Å². The van der Waals surface area contributed by atoms with E-state index in [-0.39, 0.29) is 0 Å². The molecule has 0 spiro atoms. The van der Waals surface area contributed by atoms with Crippen LogP contribution in [0.2, 0.25) is 0 Å². The Labute approximate surface area is 101 Å². The van der Waals surface area contributed by atoms with E-state index in [1.165, 1.54) is 12.0 Å². The van der Waals surface area contributed by atoms with Gasteiger partial charge < -0.3 is 10.1 Å². The third-order valence-corrected chi connectivity index (χ3v) is 4.40. The molecule has 2 rings (SSSR count). The average molecular weight is 238 g/mol. The quantitative estimate of drug-likeness (QED) is 0.874. The maximum absolute atomic E-state index is 5.55. The van der Waals surface area contributed by atoms with Crippen LogP contribution in [0.25, 0.3) is 0 Å². The third kappa shape index (κ3) is 2.89. The number of thioether (sulfide) groups is 1. The van der Waals surface area contributed by atoms with Crippen LogP contribution in [0, 0.1) is 0 Å². The second-order valence-corrected chi connectivity index (χ2v) is 5.24. The predicted molar refractivity (Wildman–Crippen MR) is 68.9 cm³/mol. The maximum atomic E-state index is 5.55. The molecular weight excluding hydrogens is 220 g/mol. The first kappa shape index (κ1) is 11.7. The Balaban J connectivity index is 1.88. The van der Waals surface area contributed by atoms with Gasteiger partial charge in [0.25, 0.3) is 0 Å². The lowest BCUT2D eigenvalue weighted by Crippen LogP contribution is -2.13. The Morgan fingerprint density at radius 2 is 2.50 bits per heavy atom. The smallest absolute Gasteiger partial charge is 0.125 e. The Hall–Kier alpha value is -0.740. The Morgan fingerprint density at radius 3 is 3.19 bits per heavy atom. The summed E-state index contributed by atoms with van der Waals surface area (Å²) in [5.41, 5.74) is 1.32. The van der Waals surface area contributed by atoms with Crippen LogP contribution in [0.15, 0.2) is 18.3 Å². The van der Waals surface area contributed by atoms with Crippen LogP contribution in [-0.4, -0.2) is 30.0 Å². The summed E-state index contributed by atoms with van der Waals surface area (Å²) in [6, 6.07) is 4.18. The first-order valence-corrected chi connectivity index (χ1v) is 6.70. The van der Waals surface area contributed by atoms with Gasteiger partial charge in [-0.2, -0.15) is 11.8 Å². The molecule has 2 heterocycles. The molecule has 0 aromatic carbocycles. The molecule has 3 nitrogen and oxygen atoms in total. The topological polar surface area (TPSA) is 34.1 Å². The van der Waals surface area contributed by atoms with Crippen molar-refractivity contribution in [1.82, 2.24) is 4.98 Å². The van der Waals surface area contributed by atoms with Crippen molar-refractivity contribution in [3.05, 3.63) is 23.9 Å². The van der Waals surface area contributed by atoms with E-state index in [4.69, 9.17) is 4.74 Å². The number of aromatic nitrogens is 1. The molecule has 1 aromatic heterocycles. The lowest BCUT2D eigenvalue weighted by atomic mass is 10.2. The van der Waals surface area contributed by atoms with E-state index in [0.717, 1.165) is 18.2 Å². The number of hydrogen-bond donors (Lipinski definition) is 1. The van der Waals surface area contributed by atoms with Crippen molar-refractivity contribution in [1.29, 1.82) is 0 Å². The van der Waals surface area contributed by atoms with Crippen molar-refractivity contribution in [3.8, 4) is 0 Å². The number of nitrogens with zero attached hydrogens (tertiary/aromatic N) is 1. The minimum absolute atomic E-state index is 0.399. The number of pyridine rings is 1. The number of anilines is 1. The molecule has 1 saturated heterocycles. The molecule has 0 aliphatic carbocycles. The molecule has 88 valence electrons. The summed E-state index contributed by atoms with van der Waals surface area (Å²) in [5.74, 6) is 1.98. The summed E-state index contributed by atoms with van der Waals surface area (Å²) in [7, 11) is 1.89. The molecule has 2 unspecified atom stereocenters. The number of rotatable bonds is 4. The summed E-state index contributed by atoms with van der Waals surface area (Å²) in [6.07, 6.45) is 3.43. The maximum Gasteiger partial charge on any atom is 0.125 e. The molecule has 0 bridgehead atoms. The van der Waals surface area contributed by atoms with E-state index in [9.17, 15) is 0 Å². The molecule has 0 amide bonds. The SMILES string of the molecule is CNc1cc(CSC2CCOC2C)ccn1. The Morgan fingerprint density at radius 1 is 1.62 bits per heavy atom. The first-order chi connectivity index (χ1) is 7.79. The highest BCUT2D eigenvalue weighted by atomic mass is 32.2. The standard InChI is InChI=1S/C12H18N2OS/c1-9-11(4-6-15-9)16-8-10-3-5-14-12(7-10)13-2/h3,5,7,9,11H,4,6,8H2,1-2H3,(H,13,14). The Kier molecular flexibility index (Phi) is 4.07. The highest BCUT2D eigenvalue weighted by Gasteiger charge is 2.24. The molecular formula is C12H18N2OS. The van der Waals surface area contributed by atoms with Crippen LogP contribution in [0.4, 0.5) is 5.82 Å². The van der Waals surface area contributed by atoms with E-state index in [0.29, 0.717) is 11.4 Å². The van der Waals surface area contributed by atoms with Crippen LogP contribution in [0.3, 0.4) is 0 Å². The fourth-order valence-corrected chi connectivity index (χ4v) is 3.03. The second kappa shape index (κ2) is 5.55. The molecule has 2 atom stereocenters. The lowest BCUT2D eigenvalue weighted by molar-refractivity contribution is 0.127. The summed E-state index contributed by atoms with van der Waals surface area (Å²) in [5, 5.41) is 3.70. The van der Waals surface area contributed by atoms with E-state index in [1.54, 1.807) is 0 Å². The van der Waals surface area contributed by atoms with Crippen molar-refractivity contribution in [2.75, 3.05) is 19.0 Å². The first-order valence-electron chi connectivity index (χ1n) is 5.65. The van der Waals surface area contributed by atoms with Crippen molar-refractivity contribution < 1.29 is 4.74 Å². The van der Waals surface area contributed by atoms with Crippen LogP contribution < -0.4 is 5.32 Å². The molecule has 1 aromatic rings. The molecule has 1 N–H and O–H groups in total. The van der Waals surface area contributed by atoms with Gasteiger partial charge in [-0.3, -0.25) is 0 Å². The summed E-state index contributed by atoms with van der Waals surface area (Å²) < 4.78 is 5.55. The van der Waals surface area contributed by atoms with Crippen LogP contribution >= 0.6 is 11.8 Å². The fourth-order valence-electron chi connectivity index (χ4n) is 1.84. The van der Waals surface area contributed by atoms with Crippen LogP contribution in [0.1, 0.15) is 18.9 Å². The van der Waals surface area contributed by atoms with E-state index < -0.39 is 0 Å². The molecule has 0 saturated carbocycles. The number of ether oxygens (including phenoxy) is 1. The predicted octanol–water partition coefficient (Wildman–Crippen LogP) is 2.53. The van der Waals surface area contributed by atoms with Crippen molar-refractivity contribution in [2.24, 2.45) is 0 Å². The van der Waals surface area contributed by atoms with Crippen molar-refractivity contribution >= 4 is 17.6 Å². The molecule has 1 fully saturated rings. The zero-order valence-electron chi connectivity index (χ0n) is 9.77. The zero-order valence-corrected chi connectivity index (χ0v) is 10.6. The van der Waals surface area contributed by atoms with Crippen molar-refractivity contribution in [3.63, 3.8) is 0 Å². The minimum atomic E-state index is 0.399. The molecule has 4 heteroatoms.